The van der Waals surface area contributed by atoms with E-state index in [2.05, 4.69) is 15.0 Å². The molecule has 0 atom stereocenters. The molecule has 0 fully saturated rings. The van der Waals surface area contributed by atoms with E-state index in [4.69, 9.17) is 21.1 Å². The van der Waals surface area contributed by atoms with Crippen molar-refractivity contribution in [2.75, 3.05) is 7.11 Å². The number of thiophene rings is 1. The number of methoxy groups -OCH3 is 1. The third-order valence-electron chi connectivity index (χ3n) is 4.68. The SMILES string of the molecule is COC(=O)c1sc2nc(/C(Cl)=C/c3ccc(OCc4ccccn4)cc3)[nH]c(=O)c2c1C. The van der Waals surface area contributed by atoms with Crippen molar-refractivity contribution in [3.8, 4) is 5.75 Å². The number of esters is 1. The lowest BCUT2D eigenvalue weighted by Gasteiger charge is -2.06. The van der Waals surface area contributed by atoms with Crippen LogP contribution in [0.4, 0.5) is 0 Å². The Kier molecular flexibility index (Phi) is 6.34. The van der Waals surface area contributed by atoms with Gasteiger partial charge in [-0.15, -0.1) is 11.3 Å². The van der Waals surface area contributed by atoms with E-state index in [1.54, 1.807) is 19.2 Å². The van der Waals surface area contributed by atoms with E-state index in [0.29, 0.717) is 33.0 Å². The van der Waals surface area contributed by atoms with Gasteiger partial charge in [0.05, 0.1) is 23.2 Å². The fourth-order valence-corrected chi connectivity index (χ4v) is 4.38. The van der Waals surface area contributed by atoms with E-state index in [1.807, 2.05) is 42.5 Å². The molecule has 1 aromatic carbocycles. The number of aryl methyl sites for hydroxylation is 1. The van der Waals surface area contributed by atoms with Crippen LogP contribution in [0.5, 0.6) is 5.75 Å². The molecular formula is C23H18ClN3O4S. The summed E-state index contributed by atoms with van der Waals surface area (Å²) < 4.78 is 10.5. The second-order valence-corrected chi connectivity index (χ2v) is 8.22. The predicted molar refractivity (Wildman–Crippen MR) is 125 cm³/mol. The molecule has 9 heteroatoms. The second kappa shape index (κ2) is 9.33. The zero-order chi connectivity index (χ0) is 22.7. The van der Waals surface area contributed by atoms with Crippen molar-refractivity contribution in [1.82, 2.24) is 15.0 Å². The average molecular weight is 468 g/mol. The van der Waals surface area contributed by atoms with Gasteiger partial charge in [-0.1, -0.05) is 29.8 Å². The molecule has 0 saturated heterocycles. The first-order chi connectivity index (χ1) is 15.5. The molecule has 32 heavy (non-hydrogen) atoms. The highest BCUT2D eigenvalue weighted by atomic mass is 35.5. The fourth-order valence-electron chi connectivity index (χ4n) is 3.06. The van der Waals surface area contributed by atoms with Gasteiger partial charge in [0.1, 0.15) is 22.1 Å². The second-order valence-electron chi connectivity index (χ2n) is 6.81. The maximum absolute atomic E-state index is 12.6. The smallest absolute Gasteiger partial charge is 0.348 e. The summed E-state index contributed by atoms with van der Waals surface area (Å²) in [6, 6.07) is 13.0. The van der Waals surface area contributed by atoms with Gasteiger partial charge < -0.3 is 14.5 Å². The Labute approximate surface area is 192 Å². The van der Waals surface area contributed by atoms with E-state index in [-0.39, 0.29) is 16.4 Å². The van der Waals surface area contributed by atoms with Crippen LogP contribution in [-0.2, 0) is 11.3 Å². The van der Waals surface area contributed by atoms with E-state index < -0.39 is 5.97 Å². The summed E-state index contributed by atoms with van der Waals surface area (Å²) in [6.07, 6.45) is 3.41. The normalized spacial score (nSPS) is 11.5. The molecule has 162 valence electrons. The van der Waals surface area contributed by atoms with Crippen LogP contribution in [0.3, 0.4) is 0 Å². The molecule has 0 aliphatic carbocycles. The number of rotatable bonds is 6. The fraction of sp³-hybridized carbons (Fsp3) is 0.130. The minimum atomic E-state index is -0.501. The third-order valence-corrected chi connectivity index (χ3v) is 6.14. The molecule has 4 aromatic rings. The van der Waals surface area contributed by atoms with Crippen molar-refractivity contribution in [3.05, 3.63) is 86.5 Å². The number of ether oxygens (including phenoxy) is 2. The van der Waals surface area contributed by atoms with Crippen LogP contribution in [0.25, 0.3) is 21.3 Å². The van der Waals surface area contributed by atoms with Crippen molar-refractivity contribution in [3.63, 3.8) is 0 Å². The highest BCUT2D eigenvalue weighted by Crippen LogP contribution is 2.29. The van der Waals surface area contributed by atoms with Gasteiger partial charge in [0.2, 0.25) is 0 Å². The topological polar surface area (TPSA) is 94.2 Å². The first kappa shape index (κ1) is 21.7. The van der Waals surface area contributed by atoms with Crippen LogP contribution >= 0.6 is 22.9 Å². The molecular weight excluding hydrogens is 450 g/mol. The first-order valence-corrected chi connectivity index (χ1v) is 10.8. The van der Waals surface area contributed by atoms with Gasteiger partial charge in [-0.3, -0.25) is 9.78 Å². The van der Waals surface area contributed by atoms with Gasteiger partial charge in [-0.25, -0.2) is 9.78 Å². The lowest BCUT2D eigenvalue weighted by molar-refractivity contribution is 0.0605. The van der Waals surface area contributed by atoms with Crippen molar-refractivity contribution in [1.29, 1.82) is 0 Å². The first-order valence-electron chi connectivity index (χ1n) is 9.58. The van der Waals surface area contributed by atoms with Crippen LogP contribution in [0.2, 0.25) is 0 Å². The summed E-state index contributed by atoms with van der Waals surface area (Å²) in [4.78, 5) is 36.6. The van der Waals surface area contributed by atoms with Crippen molar-refractivity contribution in [2.24, 2.45) is 0 Å². The number of H-pyrrole nitrogens is 1. The van der Waals surface area contributed by atoms with Gasteiger partial charge in [0.15, 0.2) is 5.82 Å². The van der Waals surface area contributed by atoms with Crippen molar-refractivity contribution in [2.45, 2.75) is 13.5 Å². The number of pyridine rings is 1. The number of fused-ring (bicyclic) bond motifs is 1. The predicted octanol–water partition coefficient (Wildman–Crippen LogP) is 4.79. The van der Waals surface area contributed by atoms with Gasteiger partial charge >= 0.3 is 5.97 Å². The van der Waals surface area contributed by atoms with Gasteiger partial charge in [-0.05, 0) is 48.4 Å². The largest absolute Gasteiger partial charge is 0.487 e. The third kappa shape index (κ3) is 4.56. The average Bonchev–Trinajstić information content (AvgIpc) is 3.15. The number of aromatic amines is 1. The molecule has 7 nitrogen and oxygen atoms in total. The van der Waals surface area contributed by atoms with Crippen molar-refractivity contribution < 1.29 is 14.3 Å². The molecule has 0 unspecified atom stereocenters. The molecule has 1 N–H and O–H groups in total. The highest BCUT2D eigenvalue weighted by Gasteiger charge is 2.20. The summed E-state index contributed by atoms with van der Waals surface area (Å²) in [5.41, 5.74) is 1.82. The lowest BCUT2D eigenvalue weighted by atomic mass is 10.2. The summed E-state index contributed by atoms with van der Waals surface area (Å²) in [7, 11) is 1.30. The monoisotopic (exact) mass is 467 g/mol. The Hall–Kier alpha value is -3.49. The summed E-state index contributed by atoms with van der Waals surface area (Å²) >= 11 is 7.53. The zero-order valence-electron chi connectivity index (χ0n) is 17.2. The molecule has 0 bridgehead atoms. The maximum Gasteiger partial charge on any atom is 0.348 e. The Morgan fingerprint density at radius 2 is 2.00 bits per heavy atom. The number of halogens is 1. The highest BCUT2D eigenvalue weighted by molar-refractivity contribution is 7.20. The molecule has 3 heterocycles. The molecule has 0 spiro atoms. The minimum Gasteiger partial charge on any atom is -0.487 e. The Morgan fingerprint density at radius 3 is 2.69 bits per heavy atom. The molecule has 3 aromatic heterocycles. The zero-order valence-corrected chi connectivity index (χ0v) is 18.8. The van der Waals surface area contributed by atoms with Crippen LogP contribution in [-0.4, -0.2) is 28.0 Å². The molecule has 4 rings (SSSR count). The Balaban J connectivity index is 1.55. The number of carbonyl (C=O) groups excluding carboxylic acids is 1. The summed E-state index contributed by atoms with van der Waals surface area (Å²) in [6.45, 7) is 2.06. The van der Waals surface area contributed by atoms with Crippen LogP contribution in [0.1, 0.15) is 32.3 Å². The standard InChI is InChI=1S/C23H18ClN3O4S/c1-13-18-21(28)26-20(27-22(18)32-19(13)23(29)30-2)17(24)11-14-6-8-16(9-7-14)31-12-15-5-3-4-10-25-15/h3-11H,12H2,1-2H3,(H,26,27,28)/b17-11-. The summed E-state index contributed by atoms with van der Waals surface area (Å²) in [5.74, 6) is 0.414. The number of hydrogen-bond donors (Lipinski definition) is 1. The summed E-state index contributed by atoms with van der Waals surface area (Å²) in [5, 5.41) is 0.620. The Bertz CT molecular complexity index is 1360. The quantitative estimate of drug-likeness (QED) is 0.410. The van der Waals surface area contributed by atoms with E-state index >= 15 is 0 Å². The van der Waals surface area contributed by atoms with E-state index in [0.717, 1.165) is 22.6 Å². The maximum atomic E-state index is 12.6. The van der Waals surface area contributed by atoms with E-state index in [1.165, 1.54) is 7.11 Å². The molecule has 0 radical (unpaired) electrons. The van der Waals surface area contributed by atoms with Gasteiger partial charge in [0, 0.05) is 6.20 Å². The van der Waals surface area contributed by atoms with Crippen LogP contribution < -0.4 is 10.3 Å². The molecule has 0 aliphatic rings. The number of nitrogens with zero attached hydrogens (tertiary/aromatic N) is 2. The molecule has 0 aliphatic heterocycles. The number of hydrogen-bond acceptors (Lipinski definition) is 7. The van der Waals surface area contributed by atoms with Gasteiger partial charge in [-0.2, -0.15) is 0 Å². The number of nitrogens with one attached hydrogen (secondary N) is 1. The van der Waals surface area contributed by atoms with Crippen LogP contribution in [0.15, 0.2) is 53.5 Å². The van der Waals surface area contributed by atoms with Crippen LogP contribution in [0, 0.1) is 6.92 Å². The number of carbonyl (C=O) groups is 1. The van der Waals surface area contributed by atoms with E-state index in [9.17, 15) is 9.59 Å². The molecule has 0 amide bonds. The Morgan fingerprint density at radius 1 is 1.22 bits per heavy atom. The minimum absolute atomic E-state index is 0.220. The number of benzene rings is 1. The lowest BCUT2D eigenvalue weighted by Crippen LogP contribution is -2.10. The molecule has 0 saturated carbocycles. The van der Waals surface area contributed by atoms with Gasteiger partial charge in [0.25, 0.3) is 5.56 Å². The van der Waals surface area contributed by atoms with Crippen molar-refractivity contribution >= 4 is 50.2 Å². The number of aromatic nitrogens is 3.